The first-order chi connectivity index (χ1) is 11.8. The summed E-state index contributed by atoms with van der Waals surface area (Å²) in [6, 6.07) is 7.25. The molecule has 1 heterocycles. The second-order valence-corrected chi connectivity index (χ2v) is 8.15. The highest BCUT2D eigenvalue weighted by atomic mass is 32.2. The van der Waals surface area contributed by atoms with E-state index in [2.05, 4.69) is 0 Å². The van der Waals surface area contributed by atoms with Crippen LogP contribution in [0.2, 0.25) is 0 Å². The molecule has 25 heavy (non-hydrogen) atoms. The zero-order valence-corrected chi connectivity index (χ0v) is 14.8. The van der Waals surface area contributed by atoms with Gasteiger partial charge in [0.1, 0.15) is 0 Å². The van der Waals surface area contributed by atoms with Crippen LogP contribution in [-0.2, 0) is 14.4 Å². The molecule has 5 nitrogen and oxygen atoms in total. The highest BCUT2D eigenvalue weighted by Crippen LogP contribution is 2.43. The second-order valence-electron chi connectivity index (χ2n) is 6.46. The number of thioether (sulfide) groups is 1. The largest absolute Gasteiger partial charge is 0.481 e. The monoisotopic (exact) mass is 357 g/mol. The van der Waals surface area contributed by atoms with Crippen molar-refractivity contribution >= 4 is 35.2 Å². The van der Waals surface area contributed by atoms with E-state index < -0.39 is 21.9 Å². The molecule has 0 bridgehead atoms. The van der Waals surface area contributed by atoms with Gasteiger partial charge in [0.2, 0.25) is 11.8 Å². The van der Waals surface area contributed by atoms with E-state index in [0.29, 0.717) is 5.69 Å². The number of allylic oxidation sites excluding steroid dienone is 2. The maximum Gasteiger partial charge on any atom is 0.312 e. The Hall–Kier alpha value is -2.34. The maximum absolute atomic E-state index is 12.8. The molecule has 3 atom stereocenters. The van der Waals surface area contributed by atoms with Gasteiger partial charge in [-0.05, 0) is 31.5 Å². The van der Waals surface area contributed by atoms with E-state index in [1.807, 2.05) is 19.1 Å². The number of nitrogens with zero attached hydrogens (tertiary/aromatic N) is 1. The molecular weight excluding hydrogens is 338 g/mol. The van der Waals surface area contributed by atoms with Gasteiger partial charge in [-0.25, -0.2) is 4.90 Å². The predicted molar refractivity (Wildman–Crippen MR) is 97.5 cm³/mol. The average molecular weight is 357 g/mol. The number of imide groups is 1. The summed E-state index contributed by atoms with van der Waals surface area (Å²) in [5.74, 6) is -2.21. The zero-order valence-electron chi connectivity index (χ0n) is 14.0. The summed E-state index contributed by atoms with van der Waals surface area (Å²) in [6.45, 7) is 3.70. The van der Waals surface area contributed by atoms with Crippen LogP contribution in [0.4, 0.5) is 5.69 Å². The highest BCUT2D eigenvalue weighted by molar-refractivity contribution is 8.02. The first kappa shape index (κ1) is 17.5. The summed E-state index contributed by atoms with van der Waals surface area (Å²) in [4.78, 5) is 38.0. The minimum absolute atomic E-state index is 0.0803. The lowest BCUT2D eigenvalue weighted by Crippen LogP contribution is -2.38. The number of hydrogen-bond donors (Lipinski definition) is 1. The third-order valence-corrected chi connectivity index (χ3v) is 6.04. The number of carbonyl (C=O) groups excluding carboxylic acids is 2. The molecule has 0 saturated carbocycles. The Morgan fingerprint density at radius 2 is 2.08 bits per heavy atom. The van der Waals surface area contributed by atoms with Gasteiger partial charge in [-0.2, -0.15) is 0 Å². The molecular formula is C19H19NO4S. The molecule has 1 N–H and O–H groups in total. The number of amides is 2. The van der Waals surface area contributed by atoms with Crippen LogP contribution in [0.15, 0.2) is 48.6 Å². The molecule has 3 unspecified atom stereocenters. The lowest BCUT2D eigenvalue weighted by Gasteiger charge is -2.33. The molecule has 2 amide bonds. The van der Waals surface area contributed by atoms with E-state index in [-0.39, 0.29) is 18.2 Å². The van der Waals surface area contributed by atoms with Gasteiger partial charge in [0.15, 0.2) is 0 Å². The molecule has 6 heteroatoms. The van der Waals surface area contributed by atoms with E-state index >= 15 is 0 Å². The summed E-state index contributed by atoms with van der Waals surface area (Å²) in [6.07, 6.45) is 6.98. The molecule has 1 aromatic carbocycles. The molecule has 3 rings (SSSR count). The van der Waals surface area contributed by atoms with Gasteiger partial charge in [0.05, 0.1) is 16.9 Å². The average Bonchev–Trinajstić information content (AvgIpc) is 2.81. The van der Waals surface area contributed by atoms with Crippen molar-refractivity contribution in [2.24, 2.45) is 5.92 Å². The smallest absolute Gasteiger partial charge is 0.312 e. The first-order valence-electron chi connectivity index (χ1n) is 8.02. The van der Waals surface area contributed by atoms with Crippen LogP contribution >= 0.6 is 11.8 Å². The molecule has 1 aliphatic carbocycles. The quantitative estimate of drug-likeness (QED) is 0.839. The third-order valence-electron chi connectivity index (χ3n) is 4.49. The lowest BCUT2D eigenvalue weighted by molar-refractivity contribution is -0.140. The lowest BCUT2D eigenvalue weighted by atomic mass is 9.89. The SMILES string of the molecule is Cc1cccc(N2C(=O)CC(SC3(C)C=CC=CC3C(=O)O)C2=O)c1. The van der Waals surface area contributed by atoms with Gasteiger partial charge in [0, 0.05) is 11.2 Å². The van der Waals surface area contributed by atoms with Gasteiger partial charge >= 0.3 is 5.97 Å². The van der Waals surface area contributed by atoms with Gasteiger partial charge in [-0.1, -0.05) is 36.4 Å². The molecule has 130 valence electrons. The molecule has 2 aliphatic rings. The topological polar surface area (TPSA) is 74.7 Å². The Labute approximate surface area is 150 Å². The van der Waals surface area contributed by atoms with E-state index in [9.17, 15) is 19.5 Å². The first-order valence-corrected chi connectivity index (χ1v) is 8.90. The van der Waals surface area contributed by atoms with E-state index in [0.717, 1.165) is 5.56 Å². The van der Waals surface area contributed by atoms with Gasteiger partial charge < -0.3 is 5.11 Å². The Morgan fingerprint density at radius 3 is 2.76 bits per heavy atom. The molecule has 1 aromatic rings. The number of carboxylic acids is 1. The number of anilines is 1. The fourth-order valence-electron chi connectivity index (χ4n) is 3.20. The summed E-state index contributed by atoms with van der Waals surface area (Å²) in [5, 5.41) is 8.88. The Morgan fingerprint density at radius 1 is 1.32 bits per heavy atom. The van der Waals surface area contributed by atoms with Crippen molar-refractivity contribution in [3.63, 3.8) is 0 Å². The molecule has 0 spiro atoms. The van der Waals surface area contributed by atoms with Crippen molar-refractivity contribution in [3.05, 3.63) is 54.1 Å². The number of aliphatic carboxylic acids is 1. The van der Waals surface area contributed by atoms with E-state index in [1.165, 1.54) is 16.7 Å². The number of hydrogen-bond acceptors (Lipinski definition) is 4. The Balaban J connectivity index is 1.84. The van der Waals surface area contributed by atoms with E-state index in [4.69, 9.17) is 0 Å². The fraction of sp³-hybridized carbons (Fsp3) is 0.316. The van der Waals surface area contributed by atoms with Crippen molar-refractivity contribution in [3.8, 4) is 0 Å². The maximum atomic E-state index is 12.8. The number of aryl methyl sites for hydroxylation is 1. The van der Waals surface area contributed by atoms with Crippen LogP contribution in [-0.4, -0.2) is 32.9 Å². The minimum atomic E-state index is -0.942. The number of benzene rings is 1. The standard InChI is InChI=1S/C19H19NO4S/c1-12-6-5-7-13(10-12)20-16(21)11-15(17(20)22)25-19(2)9-4-3-8-14(19)18(23)24/h3-10,14-15H,11H2,1-2H3,(H,23,24). The number of carbonyl (C=O) groups is 3. The predicted octanol–water partition coefficient (Wildman–Crippen LogP) is 2.95. The summed E-state index contributed by atoms with van der Waals surface area (Å²) >= 11 is 1.25. The normalized spacial score (nSPS) is 28.6. The molecule has 0 radical (unpaired) electrons. The van der Waals surface area contributed by atoms with Crippen LogP contribution in [0, 0.1) is 12.8 Å². The Kier molecular flexibility index (Phi) is 4.56. The third kappa shape index (κ3) is 3.26. The van der Waals surface area contributed by atoms with Crippen LogP contribution in [0.5, 0.6) is 0 Å². The number of carboxylic acid groups (broad SMARTS) is 1. The highest BCUT2D eigenvalue weighted by Gasteiger charge is 2.46. The van der Waals surface area contributed by atoms with E-state index in [1.54, 1.807) is 43.4 Å². The van der Waals surface area contributed by atoms with Crippen molar-refractivity contribution in [2.75, 3.05) is 4.90 Å². The second kappa shape index (κ2) is 6.52. The number of rotatable bonds is 4. The van der Waals surface area contributed by atoms with Gasteiger partial charge in [0.25, 0.3) is 0 Å². The van der Waals surface area contributed by atoms with Crippen LogP contribution in [0.1, 0.15) is 18.9 Å². The summed E-state index contributed by atoms with van der Waals surface area (Å²) < 4.78 is -0.774. The van der Waals surface area contributed by atoms with Crippen molar-refractivity contribution in [1.29, 1.82) is 0 Å². The molecule has 1 saturated heterocycles. The molecule has 0 aromatic heterocycles. The van der Waals surface area contributed by atoms with Crippen LogP contribution < -0.4 is 4.90 Å². The van der Waals surface area contributed by atoms with Crippen molar-refractivity contribution in [1.82, 2.24) is 0 Å². The van der Waals surface area contributed by atoms with Crippen LogP contribution in [0.3, 0.4) is 0 Å². The zero-order chi connectivity index (χ0) is 18.2. The van der Waals surface area contributed by atoms with Gasteiger partial charge in [-0.3, -0.25) is 14.4 Å². The Bertz CT molecular complexity index is 800. The summed E-state index contributed by atoms with van der Waals surface area (Å²) in [5.41, 5.74) is 1.53. The van der Waals surface area contributed by atoms with Crippen molar-refractivity contribution < 1.29 is 19.5 Å². The van der Waals surface area contributed by atoms with Crippen molar-refractivity contribution in [2.45, 2.75) is 30.3 Å². The summed E-state index contributed by atoms with van der Waals surface area (Å²) in [7, 11) is 0. The van der Waals surface area contributed by atoms with Gasteiger partial charge in [-0.15, -0.1) is 11.8 Å². The molecule has 1 fully saturated rings. The molecule has 1 aliphatic heterocycles. The van der Waals surface area contributed by atoms with Crippen LogP contribution in [0.25, 0.3) is 0 Å². The fourth-order valence-corrected chi connectivity index (χ4v) is 4.73. The minimum Gasteiger partial charge on any atom is -0.481 e.